The van der Waals surface area contributed by atoms with Crippen molar-refractivity contribution in [2.24, 2.45) is 11.3 Å². The average molecular weight is 276 g/mol. The zero-order valence-corrected chi connectivity index (χ0v) is 12.2. The number of carbonyl (C=O) groups is 1. The van der Waals surface area contributed by atoms with Crippen LogP contribution in [0.3, 0.4) is 0 Å². The van der Waals surface area contributed by atoms with Crippen molar-refractivity contribution in [2.45, 2.75) is 38.6 Å². The van der Waals surface area contributed by atoms with Crippen molar-refractivity contribution in [1.29, 1.82) is 0 Å². The molecule has 1 saturated heterocycles. The molecule has 0 aromatic carbocycles. The SMILES string of the molecule is CN(Cc1cn[nH]c1)C(=O)C1CNCC12CCCCC2. The van der Waals surface area contributed by atoms with Gasteiger partial charge in [-0.25, -0.2) is 0 Å². The number of rotatable bonds is 3. The molecule has 1 amide bonds. The number of hydrogen-bond donors (Lipinski definition) is 2. The van der Waals surface area contributed by atoms with Gasteiger partial charge in [0.2, 0.25) is 5.91 Å². The lowest BCUT2D eigenvalue weighted by atomic mass is 9.67. The van der Waals surface area contributed by atoms with Gasteiger partial charge in [0.25, 0.3) is 0 Å². The lowest BCUT2D eigenvalue weighted by molar-refractivity contribution is -0.138. The van der Waals surface area contributed by atoms with Gasteiger partial charge in [0.1, 0.15) is 0 Å². The highest BCUT2D eigenvalue weighted by molar-refractivity contribution is 5.80. The van der Waals surface area contributed by atoms with Crippen LogP contribution in [-0.2, 0) is 11.3 Å². The third-order valence-corrected chi connectivity index (χ3v) is 5.06. The summed E-state index contributed by atoms with van der Waals surface area (Å²) in [6.45, 7) is 2.50. The van der Waals surface area contributed by atoms with Crippen LogP contribution >= 0.6 is 0 Å². The molecule has 1 aromatic heterocycles. The second-order valence-electron chi connectivity index (χ2n) is 6.41. The van der Waals surface area contributed by atoms with Crippen molar-refractivity contribution in [1.82, 2.24) is 20.4 Å². The Kier molecular flexibility index (Phi) is 3.78. The predicted octanol–water partition coefficient (Wildman–Crippen LogP) is 1.54. The van der Waals surface area contributed by atoms with Gasteiger partial charge in [-0.15, -0.1) is 0 Å². The molecule has 1 atom stereocenters. The first-order valence-electron chi connectivity index (χ1n) is 7.65. The number of hydrogen-bond acceptors (Lipinski definition) is 3. The fraction of sp³-hybridized carbons (Fsp3) is 0.733. The molecule has 20 heavy (non-hydrogen) atoms. The molecule has 0 radical (unpaired) electrons. The fourth-order valence-corrected chi connectivity index (χ4v) is 3.92. The molecule has 1 aliphatic heterocycles. The summed E-state index contributed by atoms with van der Waals surface area (Å²) in [5.41, 5.74) is 1.28. The van der Waals surface area contributed by atoms with E-state index in [1.807, 2.05) is 18.1 Å². The first-order chi connectivity index (χ1) is 9.71. The van der Waals surface area contributed by atoms with E-state index in [-0.39, 0.29) is 17.2 Å². The van der Waals surface area contributed by atoms with Crippen LogP contribution in [0.15, 0.2) is 12.4 Å². The van der Waals surface area contributed by atoms with E-state index in [1.165, 1.54) is 32.1 Å². The Hall–Kier alpha value is -1.36. The number of H-pyrrole nitrogens is 1. The van der Waals surface area contributed by atoms with E-state index in [0.29, 0.717) is 6.54 Å². The highest BCUT2D eigenvalue weighted by atomic mass is 16.2. The van der Waals surface area contributed by atoms with Crippen molar-refractivity contribution < 1.29 is 4.79 Å². The van der Waals surface area contributed by atoms with Crippen molar-refractivity contribution in [3.05, 3.63) is 18.0 Å². The standard InChI is InChI=1S/C15H24N4O/c1-19(10-12-7-17-18-8-12)14(20)13-9-16-11-15(13)5-3-2-4-6-15/h7-8,13,16H,2-6,9-11H2,1H3,(H,17,18). The van der Waals surface area contributed by atoms with Crippen LogP contribution in [0.4, 0.5) is 0 Å². The van der Waals surface area contributed by atoms with Crippen LogP contribution < -0.4 is 5.32 Å². The van der Waals surface area contributed by atoms with E-state index in [0.717, 1.165) is 18.7 Å². The molecule has 2 aliphatic rings. The number of carbonyl (C=O) groups excluding carboxylic acids is 1. The summed E-state index contributed by atoms with van der Waals surface area (Å²) in [6, 6.07) is 0. The minimum absolute atomic E-state index is 0.153. The largest absolute Gasteiger partial charge is 0.341 e. The van der Waals surface area contributed by atoms with E-state index >= 15 is 0 Å². The maximum atomic E-state index is 12.8. The Balaban J connectivity index is 1.69. The van der Waals surface area contributed by atoms with Gasteiger partial charge in [0.05, 0.1) is 12.1 Å². The van der Waals surface area contributed by atoms with Crippen molar-refractivity contribution in [3.63, 3.8) is 0 Å². The molecule has 1 unspecified atom stereocenters. The van der Waals surface area contributed by atoms with E-state index in [4.69, 9.17) is 0 Å². The lowest BCUT2D eigenvalue weighted by Crippen LogP contribution is -2.43. The molecular formula is C15H24N4O. The lowest BCUT2D eigenvalue weighted by Gasteiger charge is -2.38. The van der Waals surface area contributed by atoms with Crippen molar-refractivity contribution >= 4 is 5.91 Å². The summed E-state index contributed by atoms with van der Waals surface area (Å²) < 4.78 is 0. The molecule has 1 spiro atoms. The summed E-state index contributed by atoms with van der Waals surface area (Å²) in [5, 5.41) is 10.2. The van der Waals surface area contributed by atoms with Crippen molar-refractivity contribution in [3.8, 4) is 0 Å². The van der Waals surface area contributed by atoms with Crippen LogP contribution in [0.25, 0.3) is 0 Å². The first-order valence-corrected chi connectivity index (χ1v) is 7.65. The van der Waals surface area contributed by atoms with Crippen LogP contribution in [0.1, 0.15) is 37.7 Å². The number of nitrogens with one attached hydrogen (secondary N) is 2. The summed E-state index contributed by atoms with van der Waals surface area (Å²) in [5.74, 6) is 0.442. The Bertz CT molecular complexity index is 450. The fourth-order valence-electron chi connectivity index (χ4n) is 3.92. The van der Waals surface area contributed by atoms with Gasteiger partial charge in [-0.3, -0.25) is 9.89 Å². The molecular weight excluding hydrogens is 252 g/mol. The average Bonchev–Trinajstić information content (AvgIpc) is 3.09. The van der Waals surface area contributed by atoms with Gasteiger partial charge in [-0.1, -0.05) is 19.3 Å². The molecule has 1 aliphatic carbocycles. The van der Waals surface area contributed by atoms with E-state index in [1.54, 1.807) is 6.20 Å². The third-order valence-electron chi connectivity index (χ3n) is 5.06. The topological polar surface area (TPSA) is 61.0 Å². The van der Waals surface area contributed by atoms with Gasteiger partial charge in [-0.2, -0.15) is 5.10 Å². The molecule has 2 N–H and O–H groups in total. The molecule has 5 heteroatoms. The number of nitrogens with zero attached hydrogens (tertiary/aromatic N) is 2. The first kappa shape index (κ1) is 13.6. The minimum Gasteiger partial charge on any atom is -0.341 e. The highest BCUT2D eigenvalue weighted by Gasteiger charge is 2.47. The monoisotopic (exact) mass is 276 g/mol. The molecule has 2 fully saturated rings. The smallest absolute Gasteiger partial charge is 0.227 e. The highest BCUT2D eigenvalue weighted by Crippen LogP contribution is 2.45. The quantitative estimate of drug-likeness (QED) is 0.880. The maximum absolute atomic E-state index is 12.8. The summed E-state index contributed by atoms with van der Waals surface area (Å²) in [4.78, 5) is 14.7. The second-order valence-corrected chi connectivity index (χ2v) is 6.41. The van der Waals surface area contributed by atoms with Gasteiger partial charge >= 0.3 is 0 Å². The third kappa shape index (κ3) is 2.46. The van der Waals surface area contributed by atoms with Crippen LogP contribution in [0, 0.1) is 11.3 Å². The molecule has 110 valence electrons. The molecule has 1 aromatic rings. The summed E-state index contributed by atoms with van der Waals surface area (Å²) in [6.07, 6.45) is 9.92. The minimum atomic E-state index is 0.153. The van der Waals surface area contributed by atoms with E-state index in [9.17, 15) is 4.79 Å². The molecule has 3 rings (SSSR count). The predicted molar refractivity (Wildman–Crippen MR) is 76.9 cm³/mol. The van der Waals surface area contributed by atoms with Gasteiger partial charge in [-0.05, 0) is 18.3 Å². The number of amides is 1. The molecule has 0 bridgehead atoms. The Labute approximate surface area is 120 Å². The summed E-state index contributed by atoms with van der Waals surface area (Å²) in [7, 11) is 1.91. The van der Waals surface area contributed by atoms with Gasteiger partial charge < -0.3 is 10.2 Å². The normalized spacial score (nSPS) is 24.9. The number of aromatic nitrogens is 2. The molecule has 5 nitrogen and oxygen atoms in total. The molecule has 1 saturated carbocycles. The Morgan fingerprint density at radius 2 is 2.25 bits per heavy atom. The van der Waals surface area contributed by atoms with Crippen LogP contribution in [0.5, 0.6) is 0 Å². The molecule has 2 heterocycles. The maximum Gasteiger partial charge on any atom is 0.227 e. The Morgan fingerprint density at radius 3 is 2.95 bits per heavy atom. The van der Waals surface area contributed by atoms with Crippen molar-refractivity contribution in [2.75, 3.05) is 20.1 Å². The van der Waals surface area contributed by atoms with Gasteiger partial charge in [0, 0.05) is 38.4 Å². The van der Waals surface area contributed by atoms with E-state index < -0.39 is 0 Å². The zero-order chi connectivity index (χ0) is 14.0. The zero-order valence-electron chi connectivity index (χ0n) is 12.2. The number of aromatic amines is 1. The van der Waals surface area contributed by atoms with Crippen LogP contribution in [-0.4, -0.2) is 41.1 Å². The van der Waals surface area contributed by atoms with Gasteiger partial charge in [0.15, 0.2) is 0 Å². The van der Waals surface area contributed by atoms with Crippen LogP contribution in [0.2, 0.25) is 0 Å². The summed E-state index contributed by atoms with van der Waals surface area (Å²) >= 11 is 0. The second kappa shape index (κ2) is 5.56. The Morgan fingerprint density at radius 1 is 1.45 bits per heavy atom. The van der Waals surface area contributed by atoms with E-state index in [2.05, 4.69) is 15.5 Å².